The van der Waals surface area contributed by atoms with Gasteiger partial charge in [-0.2, -0.15) is 0 Å². The van der Waals surface area contributed by atoms with Crippen LogP contribution in [-0.4, -0.2) is 16.3 Å². The first-order chi connectivity index (χ1) is 8.50. The molecule has 0 amide bonds. The van der Waals surface area contributed by atoms with Gasteiger partial charge in [-0.3, -0.25) is 0 Å². The predicted octanol–water partition coefficient (Wildman–Crippen LogP) is 3.47. The summed E-state index contributed by atoms with van der Waals surface area (Å²) < 4.78 is 1.41. The minimum absolute atomic E-state index is 0.114. The largest absolute Gasteiger partial charge is 0.506 e. The van der Waals surface area contributed by atoms with E-state index in [2.05, 4.69) is 31.9 Å². The summed E-state index contributed by atoms with van der Waals surface area (Å²) in [5, 5.41) is 20.3. The minimum Gasteiger partial charge on any atom is -0.506 e. The molecule has 3 nitrogen and oxygen atoms in total. The Morgan fingerprint density at radius 3 is 2.44 bits per heavy atom. The highest BCUT2D eigenvalue weighted by atomic mass is 79.9. The molecule has 100 valence electrons. The third kappa shape index (κ3) is 2.90. The smallest absolute Gasteiger partial charge is 0.134 e. The minimum atomic E-state index is -0.598. The van der Waals surface area contributed by atoms with Gasteiger partial charge in [0.1, 0.15) is 5.75 Å². The number of nitrogens with two attached hydrogens (primary N) is 1. The Kier molecular flexibility index (Phi) is 4.69. The lowest BCUT2D eigenvalue weighted by Crippen LogP contribution is -2.32. The standard InChI is InChI=1S/C13H17Br2NO2/c14-8-5-9(13(18)10(15)6-8)11(16)12(17)7-3-1-2-4-7/h5-7,11-12,17-18H,1-4,16H2/t11-,12+/m1/s1. The van der Waals surface area contributed by atoms with Crippen LogP contribution in [0.4, 0.5) is 0 Å². The van der Waals surface area contributed by atoms with Gasteiger partial charge in [0.15, 0.2) is 0 Å². The van der Waals surface area contributed by atoms with Crippen LogP contribution in [0.25, 0.3) is 0 Å². The van der Waals surface area contributed by atoms with E-state index in [4.69, 9.17) is 5.73 Å². The Labute approximate surface area is 124 Å². The van der Waals surface area contributed by atoms with Gasteiger partial charge in [0, 0.05) is 10.0 Å². The molecule has 1 aliphatic carbocycles. The van der Waals surface area contributed by atoms with Gasteiger partial charge in [-0.25, -0.2) is 0 Å². The Hall–Kier alpha value is -0.100. The van der Waals surface area contributed by atoms with Crippen molar-refractivity contribution in [3.8, 4) is 5.75 Å². The first-order valence-electron chi connectivity index (χ1n) is 6.12. The number of aliphatic hydroxyl groups is 1. The maximum absolute atomic E-state index is 10.3. The predicted molar refractivity (Wildman–Crippen MR) is 78.4 cm³/mol. The van der Waals surface area contributed by atoms with Crippen molar-refractivity contribution < 1.29 is 10.2 Å². The molecule has 1 saturated carbocycles. The number of halogens is 2. The van der Waals surface area contributed by atoms with Crippen LogP contribution in [0.1, 0.15) is 37.3 Å². The van der Waals surface area contributed by atoms with Gasteiger partial charge in [0.2, 0.25) is 0 Å². The van der Waals surface area contributed by atoms with Crippen molar-refractivity contribution in [3.63, 3.8) is 0 Å². The van der Waals surface area contributed by atoms with Crippen molar-refractivity contribution in [2.24, 2.45) is 11.7 Å². The van der Waals surface area contributed by atoms with E-state index in [9.17, 15) is 10.2 Å². The zero-order valence-corrected chi connectivity index (χ0v) is 13.1. The molecule has 0 radical (unpaired) electrons. The molecular formula is C13H17Br2NO2. The lowest BCUT2D eigenvalue weighted by molar-refractivity contribution is 0.0836. The molecule has 0 unspecified atom stereocenters. The van der Waals surface area contributed by atoms with E-state index in [0.717, 1.165) is 30.2 Å². The zero-order valence-electron chi connectivity index (χ0n) is 9.94. The van der Waals surface area contributed by atoms with Crippen molar-refractivity contribution in [1.29, 1.82) is 0 Å². The highest BCUT2D eigenvalue weighted by molar-refractivity contribution is 9.11. The second kappa shape index (κ2) is 5.90. The van der Waals surface area contributed by atoms with Gasteiger partial charge >= 0.3 is 0 Å². The SMILES string of the molecule is N[C@H](c1cc(Br)cc(Br)c1O)[C@@H](O)C1CCCC1. The van der Waals surface area contributed by atoms with Gasteiger partial charge in [0.05, 0.1) is 16.6 Å². The van der Waals surface area contributed by atoms with Crippen molar-refractivity contribution in [3.05, 3.63) is 26.6 Å². The fourth-order valence-corrected chi connectivity index (χ4v) is 3.87. The number of hydrogen-bond acceptors (Lipinski definition) is 3. The van der Waals surface area contributed by atoms with Crippen molar-refractivity contribution in [2.75, 3.05) is 0 Å². The van der Waals surface area contributed by atoms with Crippen molar-refractivity contribution in [2.45, 2.75) is 37.8 Å². The van der Waals surface area contributed by atoms with E-state index in [1.807, 2.05) is 0 Å². The lowest BCUT2D eigenvalue weighted by atomic mass is 9.90. The summed E-state index contributed by atoms with van der Waals surface area (Å²) in [6, 6.07) is 2.97. The zero-order chi connectivity index (χ0) is 13.3. The number of rotatable bonds is 3. The monoisotopic (exact) mass is 377 g/mol. The topological polar surface area (TPSA) is 66.5 Å². The van der Waals surface area contributed by atoms with Crippen LogP contribution in [0.2, 0.25) is 0 Å². The molecule has 2 rings (SSSR count). The van der Waals surface area contributed by atoms with E-state index in [1.54, 1.807) is 12.1 Å². The van der Waals surface area contributed by atoms with Gasteiger partial charge in [-0.05, 0) is 46.8 Å². The van der Waals surface area contributed by atoms with Gasteiger partial charge in [-0.1, -0.05) is 28.8 Å². The van der Waals surface area contributed by atoms with Gasteiger partial charge in [0.25, 0.3) is 0 Å². The maximum Gasteiger partial charge on any atom is 0.134 e. The highest BCUT2D eigenvalue weighted by Crippen LogP contribution is 2.39. The third-order valence-electron chi connectivity index (χ3n) is 3.67. The number of hydrogen-bond donors (Lipinski definition) is 3. The number of aromatic hydroxyl groups is 1. The molecule has 4 N–H and O–H groups in total. The average Bonchev–Trinajstić information content (AvgIpc) is 2.85. The molecule has 0 aromatic heterocycles. The van der Waals surface area contributed by atoms with Crippen molar-refractivity contribution in [1.82, 2.24) is 0 Å². The number of benzene rings is 1. The summed E-state index contributed by atoms with van der Waals surface area (Å²) in [6.45, 7) is 0. The molecule has 1 aliphatic rings. The summed E-state index contributed by atoms with van der Waals surface area (Å²) >= 11 is 6.65. The second-order valence-electron chi connectivity index (χ2n) is 4.89. The van der Waals surface area contributed by atoms with Crippen LogP contribution in [0.5, 0.6) is 5.75 Å². The summed E-state index contributed by atoms with van der Waals surface area (Å²) in [4.78, 5) is 0. The van der Waals surface area contributed by atoms with Crippen LogP contribution < -0.4 is 5.73 Å². The number of phenols is 1. The van der Waals surface area contributed by atoms with Crippen LogP contribution in [0.15, 0.2) is 21.1 Å². The summed E-state index contributed by atoms with van der Waals surface area (Å²) in [7, 11) is 0. The van der Waals surface area contributed by atoms with E-state index in [-0.39, 0.29) is 11.7 Å². The normalized spacial score (nSPS) is 20.0. The summed E-state index contributed by atoms with van der Waals surface area (Å²) in [5.74, 6) is 0.361. The summed E-state index contributed by atoms with van der Waals surface area (Å²) in [5.41, 5.74) is 6.68. The fourth-order valence-electron chi connectivity index (χ4n) is 2.62. The second-order valence-corrected chi connectivity index (χ2v) is 6.66. The Bertz CT molecular complexity index is 433. The molecule has 1 aromatic rings. The number of aliphatic hydroxyl groups excluding tert-OH is 1. The fraction of sp³-hybridized carbons (Fsp3) is 0.538. The molecule has 0 heterocycles. The molecule has 0 saturated heterocycles. The Morgan fingerprint density at radius 2 is 1.83 bits per heavy atom. The lowest BCUT2D eigenvalue weighted by Gasteiger charge is -2.25. The Balaban J connectivity index is 2.24. The highest BCUT2D eigenvalue weighted by Gasteiger charge is 2.30. The van der Waals surface area contributed by atoms with Gasteiger partial charge in [-0.15, -0.1) is 0 Å². The molecule has 18 heavy (non-hydrogen) atoms. The first kappa shape index (κ1) is 14.3. The average molecular weight is 379 g/mol. The molecule has 1 aromatic carbocycles. The van der Waals surface area contributed by atoms with Gasteiger partial charge < -0.3 is 15.9 Å². The van der Waals surface area contributed by atoms with E-state index >= 15 is 0 Å². The molecule has 0 aliphatic heterocycles. The summed E-state index contributed by atoms with van der Waals surface area (Å²) in [6.07, 6.45) is 3.75. The van der Waals surface area contributed by atoms with Crippen LogP contribution in [-0.2, 0) is 0 Å². The quantitative estimate of drug-likeness (QED) is 0.754. The molecule has 5 heteroatoms. The number of phenolic OH excluding ortho intramolecular Hbond substituents is 1. The molecular weight excluding hydrogens is 362 g/mol. The first-order valence-corrected chi connectivity index (χ1v) is 7.71. The molecule has 2 atom stereocenters. The molecule has 1 fully saturated rings. The van der Waals surface area contributed by atoms with Crippen LogP contribution in [0, 0.1) is 5.92 Å². The van der Waals surface area contributed by atoms with E-state index in [0.29, 0.717) is 10.0 Å². The molecule has 0 spiro atoms. The van der Waals surface area contributed by atoms with E-state index in [1.165, 1.54) is 0 Å². The van der Waals surface area contributed by atoms with E-state index < -0.39 is 12.1 Å². The Morgan fingerprint density at radius 1 is 1.22 bits per heavy atom. The van der Waals surface area contributed by atoms with Crippen LogP contribution in [0.3, 0.4) is 0 Å². The maximum atomic E-state index is 10.3. The third-order valence-corrected chi connectivity index (χ3v) is 4.73. The van der Waals surface area contributed by atoms with Crippen molar-refractivity contribution >= 4 is 31.9 Å². The molecule has 0 bridgehead atoms. The van der Waals surface area contributed by atoms with Crippen LogP contribution >= 0.6 is 31.9 Å².